The van der Waals surface area contributed by atoms with Crippen LogP contribution in [0.3, 0.4) is 0 Å². The number of H-pyrrole nitrogens is 1. The summed E-state index contributed by atoms with van der Waals surface area (Å²) >= 11 is 0. The number of tetrazole rings is 1. The molecule has 0 amide bonds. The van der Waals surface area contributed by atoms with E-state index in [9.17, 15) is 9.18 Å². The molecular weight excluding hydrogens is 457 g/mol. The van der Waals surface area contributed by atoms with Gasteiger partial charge in [0.05, 0.1) is 11.1 Å². The Morgan fingerprint density at radius 3 is 2.36 bits per heavy atom. The molecule has 1 N–H and O–H groups in total. The Balaban J connectivity index is 1.57. The van der Waals surface area contributed by atoms with Gasteiger partial charge in [-0.1, -0.05) is 11.6 Å². The Bertz CT molecular complexity index is 1440. The van der Waals surface area contributed by atoms with Crippen LogP contribution in [0.1, 0.15) is 49.3 Å². The van der Waals surface area contributed by atoms with Crippen LogP contribution in [0.4, 0.5) is 10.1 Å². The number of pyridine rings is 1. The van der Waals surface area contributed by atoms with Crippen LogP contribution in [0, 0.1) is 19.7 Å². The summed E-state index contributed by atoms with van der Waals surface area (Å²) in [6, 6.07) is 12.3. The van der Waals surface area contributed by atoms with Gasteiger partial charge in [0.25, 0.3) is 5.56 Å². The zero-order valence-electron chi connectivity index (χ0n) is 21.4. The molecule has 0 radical (unpaired) electrons. The van der Waals surface area contributed by atoms with Gasteiger partial charge in [0.2, 0.25) is 0 Å². The van der Waals surface area contributed by atoms with E-state index in [2.05, 4.69) is 49.4 Å². The molecule has 0 aliphatic carbocycles. The molecule has 2 aromatic carbocycles. The number of benzene rings is 2. The molecule has 0 spiro atoms. The van der Waals surface area contributed by atoms with Crippen molar-refractivity contribution < 1.29 is 4.39 Å². The van der Waals surface area contributed by atoms with Gasteiger partial charge in [0, 0.05) is 37.4 Å². The second-order valence-electron chi connectivity index (χ2n) is 10.6. The summed E-state index contributed by atoms with van der Waals surface area (Å²) in [5, 5.41) is 13.7. The molecule has 4 aromatic rings. The minimum absolute atomic E-state index is 0.135. The van der Waals surface area contributed by atoms with Crippen LogP contribution in [0.25, 0.3) is 10.9 Å². The van der Waals surface area contributed by atoms with Crippen molar-refractivity contribution in [1.82, 2.24) is 30.1 Å². The number of hydrogen-bond acceptors (Lipinski definition) is 6. The number of aromatic nitrogens is 5. The number of rotatable bonds is 4. The zero-order valence-corrected chi connectivity index (χ0v) is 21.4. The van der Waals surface area contributed by atoms with Gasteiger partial charge in [-0.2, -0.15) is 0 Å². The van der Waals surface area contributed by atoms with E-state index in [1.165, 1.54) is 12.1 Å². The molecule has 1 saturated heterocycles. The fraction of sp³-hybridized carbons (Fsp3) is 0.407. The summed E-state index contributed by atoms with van der Waals surface area (Å²) in [5.74, 6) is 0.402. The first-order valence-corrected chi connectivity index (χ1v) is 12.3. The van der Waals surface area contributed by atoms with E-state index in [4.69, 9.17) is 0 Å². The fourth-order valence-corrected chi connectivity index (χ4v) is 5.14. The molecule has 1 atom stereocenters. The smallest absolute Gasteiger partial charge is 0.253 e. The largest absolute Gasteiger partial charge is 0.369 e. The maximum absolute atomic E-state index is 13.5. The number of aryl methyl sites for hydroxylation is 2. The van der Waals surface area contributed by atoms with Crippen LogP contribution in [0.5, 0.6) is 0 Å². The number of fused-ring (bicyclic) bond motifs is 1. The number of hydrogen-bond donors (Lipinski definition) is 1. The molecule has 188 valence electrons. The molecule has 0 saturated carbocycles. The highest BCUT2D eigenvalue weighted by Crippen LogP contribution is 2.31. The van der Waals surface area contributed by atoms with Crippen molar-refractivity contribution in [1.29, 1.82) is 0 Å². The van der Waals surface area contributed by atoms with Crippen molar-refractivity contribution in [3.63, 3.8) is 0 Å². The molecule has 2 aromatic heterocycles. The first-order chi connectivity index (χ1) is 17.1. The Morgan fingerprint density at radius 2 is 1.69 bits per heavy atom. The van der Waals surface area contributed by atoms with Crippen molar-refractivity contribution in [2.75, 3.05) is 31.1 Å². The quantitative estimate of drug-likeness (QED) is 0.468. The maximum atomic E-state index is 13.5. The summed E-state index contributed by atoms with van der Waals surface area (Å²) in [6.45, 7) is 13.1. The summed E-state index contributed by atoms with van der Waals surface area (Å²) in [4.78, 5) is 21.2. The minimum atomic E-state index is -0.413. The number of halogens is 1. The van der Waals surface area contributed by atoms with Gasteiger partial charge in [0.15, 0.2) is 5.82 Å². The van der Waals surface area contributed by atoms with Gasteiger partial charge >= 0.3 is 0 Å². The summed E-state index contributed by atoms with van der Waals surface area (Å²) < 4.78 is 15.2. The number of aromatic amines is 1. The number of nitrogens with one attached hydrogen (secondary N) is 1. The van der Waals surface area contributed by atoms with Crippen LogP contribution < -0.4 is 10.5 Å². The SMILES string of the molecule is Cc1cc(C)c2[nH]c(=O)c(C(c3nnnn3C(C)(C)C)N3CCN(c4ccc(F)cc4)CC3)cc2c1. The molecule has 1 aliphatic heterocycles. The van der Waals surface area contributed by atoms with Crippen molar-refractivity contribution in [3.8, 4) is 0 Å². The Hall–Kier alpha value is -3.59. The van der Waals surface area contributed by atoms with E-state index in [0.29, 0.717) is 24.5 Å². The second-order valence-corrected chi connectivity index (χ2v) is 10.6. The Labute approximate surface area is 209 Å². The number of nitrogens with zero attached hydrogens (tertiary/aromatic N) is 6. The molecule has 0 bridgehead atoms. The van der Waals surface area contributed by atoms with E-state index in [0.717, 1.165) is 40.8 Å². The molecule has 8 nitrogen and oxygen atoms in total. The first kappa shape index (κ1) is 24.1. The topological polar surface area (TPSA) is 82.9 Å². The molecule has 9 heteroatoms. The average molecular weight is 490 g/mol. The summed E-state index contributed by atoms with van der Waals surface area (Å²) in [5.41, 5.74) is 4.15. The molecule has 3 heterocycles. The van der Waals surface area contributed by atoms with Crippen molar-refractivity contribution in [3.05, 3.63) is 81.2 Å². The van der Waals surface area contributed by atoms with Gasteiger partial charge in [-0.05, 0) is 92.4 Å². The van der Waals surface area contributed by atoms with Gasteiger partial charge in [-0.25, -0.2) is 9.07 Å². The number of anilines is 1. The van der Waals surface area contributed by atoms with Crippen LogP contribution in [0.15, 0.2) is 47.3 Å². The number of piperazine rings is 1. The lowest BCUT2D eigenvalue weighted by Crippen LogP contribution is -2.49. The summed E-state index contributed by atoms with van der Waals surface area (Å²) in [6.07, 6.45) is 0. The van der Waals surface area contributed by atoms with E-state index < -0.39 is 6.04 Å². The molecule has 5 rings (SSSR count). The third-order valence-electron chi connectivity index (χ3n) is 6.86. The van der Waals surface area contributed by atoms with Gasteiger partial charge in [-0.3, -0.25) is 9.69 Å². The monoisotopic (exact) mass is 489 g/mol. The van der Waals surface area contributed by atoms with E-state index >= 15 is 0 Å². The van der Waals surface area contributed by atoms with Crippen molar-refractivity contribution >= 4 is 16.6 Å². The lowest BCUT2D eigenvalue weighted by Gasteiger charge is -2.40. The zero-order chi connectivity index (χ0) is 25.6. The lowest BCUT2D eigenvalue weighted by atomic mass is 9.99. The maximum Gasteiger partial charge on any atom is 0.253 e. The molecule has 36 heavy (non-hydrogen) atoms. The highest BCUT2D eigenvalue weighted by Gasteiger charge is 2.35. The molecular formula is C27H32FN7O. The molecule has 1 fully saturated rings. The highest BCUT2D eigenvalue weighted by molar-refractivity contribution is 5.83. The molecule has 1 aliphatic rings. The van der Waals surface area contributed by atoms with Crippen molar-refractivity contribution in [2.24, 2.45) is 0 Å². The fourth-order valence-electron chi connectivity index (χ4n) is 5.14. The normalized spacial score (nSPS) is 16.0. The van der Waals surface area contributed by atoms with Crippen LogP contribution >= 0.6 is 0 Å². The third-order valence-corrected chi connectivity index (χ3v) is 6.86. The predicted octanol–water partition coefficient (Wildman–Crippen LogP) is 3.94. The minimum Gasteiger partial charge on any atom is -0.369 e. The van der Waals surface area contributed by atoms with Crippen molar-refractivity contribution in [2.45, 2.75) is 46.2 Å². The van der Waals surface area contributed by atoms with E-state index in [-0.39, 0.29) is 16.9 Å². The van der Waals surface area contributed by atoms with Gasteiger partial charge in [0.1, 0.15) is 11.9 Å². The Kier molecular flexibility index (Phi) is 6.12. The van der Waals surface area contributed by atoms with Crippen LogP contribution in [-0.4, -0.2) is 56.3 Å². The van der Waals surface area contributed by atoms with Gasteiger partial charge in [-0.15, -0.1) is 5.10 Å². The van der Waals surface area contributed by atoms with Crippen LogP contribution in [0.2, 0.25) is 0 Å². The third kappa shape index (κ3) is 4.51. The molecule has 1 unspecified atom stereocenters. The van der Waals surface area contributed by atoms with E-state index in [1.54, 1.807) is 12.1 Å². The predicted molar refractivity (Wildman–Crippen MR) is 139 cm³/mol. The van der Waals surface area contributed by atoms with Gasteiger partial charge < -0.3 is 9.88 Å². The standard InChI is InChI=1S/C27H32FN7O/c1-17-14-18(2)23-19(15-17)16-22(26(36)29-23)24(25-30-31-32-35(25)27(3,4)5)34-12-10-33(11-13-34)21-8-6-20(28)7-9-21/h6-9,14-16,24H,10-13H2,1-5H3,(H,29,36). The van der Waals surface area contributed by atoms with E-state index in [1.807, 2.05) is 38.4 Å². The Morgan fingerprint density at radius 1 is 1.00 bits per heavy atom. The van der Waals surface area contributed by atoms with Crippen LogP contribution in [-0.2, 0) is 5.54 Å². The second kappa shape index (κ2) is 9.13. The highest BCUT2D eigenvalue weighted by atomic mass is 19.1. The average Bonchev–Trinajstić information content (AvgIpc) is 3.31. The first-order valence-electron chi connectivity index (χ1n) is 12.3. The lowest BCUT2D eigenvalue weighted by molar-refractivity contribution is 0.190. The summed E-state index contributed by atoms with van der Waals surface area (Å²) in [7, 11) is 0.